The summed E-state index contributed by atoms with van der Waals surface area (Å²) in [6.45, 7) is 5.47. The van der Waals surface area contributed by atoms with E-state index >= 15 is 0 Å². The maximum atomic E-state index is 13.8. The third kappa shape index (κ3) is 6.95. The molecule has 0 saturated heterocycles. The summed E-state index contributed by atoms with van der Waals surface area (Å²) in [4.78, 5) is 30.6. The average molecular weight is 591 g/mol. The van der Waals surface area contributed by atoms with Gasteiger partial charge in [-0.3, -0.25) is 9.69 Å². The van der Waals surface area contributed by atoms with Crippen LogP contribution in [0.4, 0.5) is 16.2 Å². The average Bonchev–Trinajstić information content (AvgIpc) is 3.47. The van der Waals surface area contributed by atoms with Gasteiger partial charge in [0.25, 0.3) is 5.91 Å². The molecule has 0 unspecified atom stereocenters. The summed E-state index contributed by atoms with van der Waals surface area (Å²) in [5, 5.41) is 15.6. The zero-order chi connectivity index (χ0) is 30.5. The van der Waals surface area contributed by atoms with Crippen LogP contribution in [0.3, 0.4) is 0 Å². The fourth-order valence-corrected chi connectivity index (χ4v) is 5.24. The van der Waals surface area contributed by atoms with E-state index in [1.54, 1.807) is 54.5 Å². The van der Waals surface area contributed by atoms with Crippen molar-refractivity contribution in [3.05, 3.63) is 71.8 Å². The fraction of sp³-hybridized carbons (Fsp3) is 0.375. The lowest BCUT2D eigenvalue weighted by molar-refractivity contribution is 0.0343. The predicted molar refractivity (Wildman–Crippen MR) is 162 cm³/mol. The Morgan fingerprint density at radius 3 is 2.63 bits per heavy atom. The number of fused-ring (bicyclic) bond motifs is 2. The van der Waals surface area contributed by atoms with Crippen LogP contribution in [0.2, 0.25) is 0 Å². The Labute approximate surface area is 251 Å². The molecule has 2 aliphatic rings. The van der Waals surface area contributed by atoms with Crippen molar-refractivity contribution >= 4 is 23.3 Å². The van der Waals surface area contributed by atoms with Gasteiger partial charge in [0.2, 0.25) is 6.79 Å². The molecule has 0 fully saturated rings. The van der Waals surface area contributed by atoms with Crippen molar-refractivity contribution in [3.8, 4) is 23.0 Å². The van der Waals surface area contributed by atoms with E-state index < -0.39 is 12.1 Å². The second kappa shape index (κ2) is 13.2. The molecule has 3 aromatic carbocycles. The molecule has 3 atom stereocenters. The van der Waals surface area contributed by atoms with Crippen molar-refractivity contribution < 1.29 is 33.6 Å². The molecule has 0 radical (unpaired) electrons. The normalized spacial score (nSPS) is 18.3. The summed E-state index contributed by atoms with van der Waals surface area (Å²) in [5.41, 5.74) is 2.33. The standard InChI is InChI=1S/C32H38N4O7/c1-20-15-36(21(2)18-37)31(38)25-6-5-7-26(34-32(39)33-23-9-11-24(40-4)12-10-23)30(25)43-29(20)17-35(3)16-22-8-13-27-28(14-22)42-19-41-27/h5-14,20-21,29,37H,15-19H2,1-4H3,(H2,33,34,39)/t20-,21-,29+/m1/s1. The number of carbonyl (C=O) groups is 2. The number of hydrogen-bond donors (Lipinski definition) is 3. The van der Waals surface area contributed by atoms with Gasteiger partial charge >= 0.3 is 6.03 Å². The number of likely N-dealkylation sites (N-methyl/N-ethyl adjacent to an activating group) is 1. The molecule has 5 rings (SSSR count). The minimum Gasteiger partial charge on any atom is -0.497 e. The maximum Gasteiger partial charge on any atom is 0.323 e. The Morgan fingerprint density at radius 2 is 1.88 bits per heavy atom. The molecule has 0 saturated carbocycles. The number of nitrogens with one attached hydrogen (secondary N) is 2. The number of hydrogen-bond acceptors (Lipinski definition) is 8. The van der Waals surface area contributed by atoms with Crippen LogP contribution in [-0.4, -0.2) is 79.6 Å². The van der Waals surface area contributed by atoms with Crippen molar-refractivity contribution in [2.24, 2.45) is 5.92 Å². The first-order valence-corrected chi connectivity index (χ1v) is 14.3. The quantitative estimate of drug-likeness (QED) is 0.335. The zero-order valence-electron chi connectivity index (χ0n) is 24.8. The van der Waals surface area contributed by atoms with Gasteiger partial charge < -0.3 is 39.6 Å². The summed E-state index contributed by atoms with van der Waals surface area (Å²) in [6, 6.07) is 17.1. The Morgan fingerprint density at radius 1 is 1.12 bits per heavy atom. The van der Waals surface area contributed by atoms with Gasteiger partial charge in [-0.05, 0) is 68.1 Å². The maximum absolute atomic E-state index is 13.8. The van der Waals surface area contributed by atoms with Gasteiger partial charge in [-0.25, -0.2) is 4.79 Å². The van der Waals surface area contributed by atoms with Crippen LogP contribution in [-0.2, 0) is 6.54 Å². The molecule has 3 amide bonds. The minimum atomic E-state index is -0.484. The number of aliphatic hydroxyl groups is 1. The van der Waals surface area contributed by atoms with Crippen molar-refractivity contribution in [3.63, 3.8) is 0 Å². The Kier molecular flexibility index (Phi) is 9.22. The lowest BCUT2D eigenvalue weighted by Crippen LogP contribution is -2.49. The summed E-state index contributed by atoms with van der Waals surface area (Å²) < 4.78 is 22.8. The highest BCUT2D eigenvalue weighted by molar-refractivity contribution is 6.04. The first-order valence-electron chi connectivity index (χ1n) is 14.3. The van der Waals surface area contributed by atoms with Crippen LogP contribution in [0.5, 0.6) is 23.0 Å². The number of urea groups is 1. The topological polar surface area (TPSA) is 122 Å². The second-order valence-corrected chi connectivity index (χ2v) is 11.0. The van der Waals surface area contributed by atoms with Gasteiger partial charge in [0.05, 0.1) is 31.0 Å². The summed E-state index contributed by atoms with van der Waals surface area (Å²) in [5.74, 6) is 2.07. The van der Waals surface area contributed by atoms with Crippen molar-refractivity contribution in [2.75, 3.05) is 51.3 Å². The summed E-state index contributed by atoms with van der Waals surface area (Å²) in [7, 11) is 3.58. The van der Waals surface area contributed by atoms with Crippen molar-refractivity contribution in [1.29, 1.82) is 0 Å². The first kappa shape index (κ1) is 30.0. The Balaban J connectivity index is 1.39. The number of aliphatic hydroxyl groups excluding tert-OH is 1. The van der Waals surface area contributed by atoms with E-state index in [-0.39, 0.29) is 31.3 Å². The molecule has 0 aromatic heterocycles. The number of nitrogens with zero attached hydrogens (tertiary/aromatic N) is 2. The molecule has 43 heavy (non-hydrogen) atoms. The number of carbonyl (C=O) groups excluding carboxylic acids is 2. The predicted octanol–water partition coefficient (Wildman–Crippen LogP) is 4.42. The Bertz CT molecular complexity index is 1450. The molecule has 0 bridgehead atoms. The van der Waals surface area contributed by atoms with Crippen LogP contribution in [0, 0.1) is 5.92 Å². The molecular formula is C32H38N4O7. The number of methoxy groups -OCH3 is 1. The van der Waals surface area contributed by atoms with Crippen molar-refractivity contribution in [2.45, 2.75) is 32.5 Å². The molecular weight excluding hydrogens is 552 g/mol. The highest BCUT2D eigenvalue weighted by atomic mass is 16.7. The SMILES string of the molecule is COc1ccc(NC(=O)Nc2cccc3c2O[C@@H](CN(C)Cc2ccc4c(c2)OCO4)[C@H](C)CN([C@H](C)CO)C3=O)cc1. The minimum absolute atomic E-state index is 0.0912. The van der Waals surface area contributed by atoms with E-state index in [9.17, 15) is 14.7 Å². The lowest BCUT2D eigenvalue weighted by atomic mass is 9.99. The number of para-hydroxylation sites is 1. The third-order valence-electron chi connectivity index (χ3n) is 7.67. The molecule has 3 N–H and O–H groups in total. The number of rotatable bonds is 9. The molecule has 11 nitrogen and oxygen atoms in total. The van der Waals surface area contributed by atoms with Crippen LogP contribution >= 0.6 is 0 Å². The van der Waals surface area contributed by atoms with Gasteiger partial charge in [0.1, 0.15) is 11.9 Å². The lowest BCUT2D eigenvalue weighted by Gasteiger charge is -2.38. The van der Waals surface area contributed by atoms with Gasteiger partial charge in [0.15, 0.2) is 17.2 Å². The Hall–Kier alpha value is -4.48. The molecule has 2 heterocycles. The van der Waals surface area contributed by atoms with E-state index in [1.807, 2.05) is 39.1 Å². The van der Waals surface area contributed by atoms with Gasteiger partial charge in [-0.2, -0.15) is 0 Å². The van der Waals surface area contributed by atoms with E-state index in [4.69, 9.17) is 18.9 Å². The molecule has 2 aliphatic heterocycles. The largest absolute Gasteiger partial charge is 0.497 e. The first-order chi connectivity index (χ1) is 20.7. The van der Waals surface area contributed by atoms with E-state index in [0.717, 1.165) is 17.1 Å². The van der Waals surface area contributed by atoms with Crippen LogP contribution in [0.1, 0.15) is 29.8 Å². The number of amides is 3. The van der Waals surface area contributed by atoms with E-state index in [2.05, 4.69) is 15.5 Å². The molecule has 0 aliphatic carbocycles. The van der Waals surface area contributed by atoms with Crippen molar-refractivity contribution in [1.82, 2.24) is 9.80 Å². The highest BCUT2D eigenvalue weighted by Crippen LogP contribution is 2.36. The molecule has 228 valence electrons. The third-order valence-corrected chi connectivity index (χ3v) is 7.67. The van der Waals surface area contributed by atoms with Crippen LogP contribution in [0.25, 0.3) is 0 Å². The molecule has 0 spiro atoms. The van der Waals surface area contributed by atoms with E-state index in [1.165, 1.54) is 0 Å². The number of anilines is 2. The zero-order valence-corrected chi connectivity index (χ0v) is 24.8. The number of ether oxygens (including phenoxy) is 4. The number of benzene rings is 3. The van der Waals surface area contributed by atoms with Crippen LogP contribution in [0.15, 0.2) is 60.7 Å². The van der Waals surface area contributed by atoms with Gasteiger partial charge in [-0.15, -0.1) is 0 Å². The van der Waals surface area contributed by atoms with Gasteiger partial charge in [0, 0.05) is 31.2 Å². The molecule has 3 aromatic rings. The van der Waals surface area contributed by atoms with Gasteiger partial charge in [-0.1, -0.05) is 19.1 Å². The summed E-state index contributed by atoms with van der Waals surface area (Å²) in [6.07, 6.45) is -0.341. The smallest absolute Gasteiger partial charge is 0.323 e. The van der Waals surface area contributed by atoms with E-state index in [0.29, 0.717) is 48.1 Å². The monoisotopic (exact) mass is 590 g/mol. The molecule has 11 heteroatoms. The highest BCUT2D eigenvalue weighted by Gasteiger charge is 2.34. The summed E-state index contributed by atoms with van der Waals surface area (Å²) >= 11 is 0. The second-order valence-electron chi connectivity index (χ2n) is 11.0. The van der Waals surface area contributed by atoms with Crippen LogP contribution < -0.4 is 29.6 Å². The fourth-order valence-electron chi connectivity index (χ4n) is 5.24.